The number of rotatable bonds is 6. The van der Waals surface area contributed by atoms with Crippen molar-refractivity contribution < 1.29 is 32.3 Å². The maximum Gasteiger partial charge on any atom is 0.259 e. The summed E-state index contributed by atoms with van der Waals surface area (Å²) in [6.07, 6.45) is 12.0. The summed E-state index contributed by atoms with van der Waals surface area (Å²) in [5.74, 6) is 0.0618. The maximum atomic E-state index is 14.9. The van der Waals surface area contributed by atoms with Gasteiger partial charge in [-0.25, -0.2) is 18.4 Å². The highest BCUT2D eigenvalue weighted by Crippen LogP contribution is 2.49. The molecule has 1 aromatic carbocycles. The lowest BCUT2D eigenvalue weighted by atomic mass is 9.87. The van der Waals surface area contributed by atoms with Crippen LogP contribution < -0.4 is 24.8 Å². The molecule has 3 N–H and O–H groups in total. The van der Waals surface area contributed by atoms with E-state index in [-0.39, 0.29) is 31.2 Å². The van der Waals surface area contributed by atoms with Crippen LogP contribution in [0.25, 0.3) is 10.9 Å². The summed E-state index contributed by atoms with van der Waals surface area (Å²) in [4.78, 5) is 54.6. The monoisotopic (exact) mass is 770 g/mol. The third kappa shape index (κ3) is 6.80. The van der Waals surface area contributed by atoms with Gasteiger partial charge in [-0.05, 0) is 102 Å². The van der Waals surface area contributed by atoms with Crippen molar-refractivity contribution in [3.63, 3.8) is 0 Å². The predicted octanol–water partition coefficient (Wildman–Crippen LogP) is 4.79. The van der Waals surface area contributed by atoms with E-state index in [9.17, 15) is 22.8 Å². The van der Waals surface area contributed by atoms with Crippen molar-refractivity contribution in [3.05, 3.63) is 65.5 Å². The van der Waals surface area contributed by atoms with Gasteiger partial charge in [0.1, 0.15) is 40.5 Å². The van der Waals surface area contributed by atoms with Crippen LogP contribution in [0.15, 0.2) is 48.7 Å². The van der Waals surface area contributed by atoms with Crippen molar-refractivity contribution in [1.29, 1.82) is 0 Å². The number of nitrogens with zero attached hydrogens (tertiary/aromatic N) is 3. The fourth-order valence-corrected chi connectivity index (χ4v) is 9.91. The lowest BCUT2D eigenvalue weighted by molar-refractivity contribution is -0.140. The Balaban J connectivity index is 1.15. The van der Waals surface area contributed by atoms with Crippen LogP contribution in [0.2, 0.25) is 0 Å². The quantitative estimate of drug-likeness (QED) is 0.297. The van der Waals surface area contributed by atoms with Gasteiger partial charge < -0.3 is 25.0 Å². The Morgan fingerprint density at radius 1 is 1.09 bits per heavy atom. The Morgan fingerprint density at radius 3 is 2.67 bits per heavy atom. The van der Waals surface area contributed by atoms with Gasteiger partial charge in [-0.2, -0.15) is 0 Å². The number of aryl methyl sites for hydroxylation is 3. The van der Waals surface area contributed by atoms with E-state index in [2.05, 4.69) is 20.3 Å². The molecular weight excluding hydrogens is 721 g/mol. The third-order valence-corrected chi connectivity index (χ3v) is 14.7. The molecule has 5 heterocycles. The molecule has 3 aromatic rings. The zero-order valence-electron chi connectivity index (χ0n) is 31.9. The van der Waals surface area contributed by atoms with Crippen molar-refractivity contribution in [1.82, 2.24) is 24.9 Å². The van der Waals surface area contributed by atoms with Crippen LogP contribution in [0.4, 0.5) is 5.82 Å². The van der Waals surface area contributed by atoms with Gasteiger partial charge in [-0.15, -0.1) is 0 Å². The number of nitrogens with one attached hydrogen (secondary N) is 3. The number of allylic oxidation sites excluding steroid dienone is 1. The second-order valence-electron chi connectivity index (χ2n) is 16.4. The molecule has 0 bridgehead atoms. The van der Waals surface area contributed by atoms with E-state index in [1.54, 1.807) is 25.1 Å². The van der Waals surface area contributed by atoms with Crippen molar-refractivity contribution >= 4 is 44.5 Å². The highest BCUT2D eigenvalue weighted by atomic mass is 32.2. The Morgan fingerprint density at radius 2 is 1.91 bits per heavy atom. The summed E-state index contributed by atoms with van der Waals surface area (Å²) in [5.41, 5.74) is 1.07. The van der Waals surface area contributed by atoms with Crippen LogP contribution in [-0.2, 0) is 30.8 Å². The zero-order valence-corrected chi connectivity index (χ0v) is 32.8. The molecule has 5 aliphatic rings. The number of methoxy groups -OCH3 is 1. The molecule has 2 saturated carbocycles. The van der Waals surface area contributed by atoms with Gasteiger partial charge >= 0.3 is 0 Å². The maximum absolute atomic E-state index is 14.9. The number of sulfonamides is 1. The minimum Gasteiger partial charge on any atom is -0.497 e. The Labute approximate surface area is 322 Å². The van der Waals surface area contributed by atoms with E-state index in [4.69, 9.17) is 14.5 Å². The molecule has 3 aliphatic heterocycles. The highest BCUT2D eigenvalue weighted by Gasteiger charge is 2.64. The number of benzene rings is 1. The van der Waals surface area contributed by atoms with Gasteiger partial charge in [-0.3, -0.25) is 19.1 Å². The number of ether oxygens (including phenoxy) is 2. The summed E-state index contributed by atoms with van der Waals surface area (Å²) >= 11 is 0. The minimum absolute atomic E-state index is 0.146. The average Bonchev–Trinajstić information content (AvgIpc) is 4.05. The first-order valence-electron chi connectivity index (χ1n) is 19.5. The molecule has 55 heavy (non-hydrogen) atoms. The molecule has 5 atom stereocenters. The number of amides is 3. The Hall–Kier alpha value is -4.72. The third-order valence-electron chi connectivity index (χ3n) is 12.5. The zero-order chi connectivity index (χ0) is 38.8. The average molecular weight is 771 g/mol. The molecule has 0 radical (unpaired) electrons. The van der Waals surface area contributed by atoms with Gasteiger partial charge in [0.25, 0.3) is 5.91 Å². The molecule has 292 valence electrons. The molecule has 2 aromatic heterocycles. The van der Waals surface area contributed by atoms with Crippen LogP contribution in [0.5, 0.6) is 11.5 Å². The second-order valence-corrected chi connectivity index (χ2v) is 18.6. The van der Waals surface area contributed by atoms with Crippen molar-refractivity contribution in [2.75, 3.05) is 19.0 Å². The number of carbonyl (C=O) groups is 3. The fourth-order valence-electron chi connectivity index (χ4n) is 8.60. The number of fused-ring (bicyclic) bond motifs is 5. The lowest BCUT2D eigenvalue weighted by Crippen LogP contribution is -2.58. The first-order chi connectivity index (χ1) is 26.3. The van der Waals surface area contributed by atoms with Gasteiger partial charge in [0, 0.05) is 29.5 Å². The topological polar surface area (TPSA) is 169 Å². The second kappa shape index (κ2) is 13.8. The van der Waals surface area contributed by atoms with Gasteiger partial charge in [0.15, 0.2) is 0 Å². The molecule has 3 fully saturated rings. The summed E-state index contributed by atoms with van der Waals surface area (Å²) in [6, 6.07) is 7.88. The van der Waals surface area contributed by atoms with E-state index in [1.165, 1.54) is 0 Å². The van der Waals surface area contributed by atoms with E-state index < -0.39 is 49.8 Å². The molecule has 0 unspecified atom stereocenters. The van der Waals surface area contributed by atoms with Crippen LogP contribution in [0.3, 0.4) is 0 Å². The first-order valence-corrected chi connectivity index (χ1v) is 21.0. The van der Waals surface area contributed by atoms with Crippen LogP contribution in [0.1, 0.15) is 88.0 Å². The van der Waals surface area contributed by atoms with Crippen molar-refractivity contribution in [2.45, 2.75) is 119 Å². The summed E-state index contributed by atoms with van der Waals surface area (Å²) < 4.78 is 40.3. The number of pyridine rings is 2. The van der Waals surface area contributed by atoms with Gasteiger partial charge in [-0.1, -0.05) is 31.1 Å². The predicted molar refractivity (Wildman–Crippen MR) is 207 cm³/mol. The lowest BCUT2D eigenvalue weighted by Gasteiger charge is -2.37. The Bertz CT molecular complexity index is 2210. The molecule has 1 saturated heterocycles. The van der Waals surface area contributed by atoms with Crippen LogP contribution >= 0.6 is 0 Å². The highest BCUT2D eigenvalue weighted by molar-refractivity contribution is 7.91. The molecule has 8 rings (SSSR count). The van der Waals surface area contributed by atoms with E-state index in [1.807, 2.05) is 56.3 Å². The molecular formula is C41H50N6O7S. The van der Waals surface area contributed by atoms with Crippen molar-refractivity contribution in [2.24, 2.45) is 5.92 Å². The largest absolute Gasteiger partial charge is 0.497 e. The van der Waals surface area contributed by atoms with E-state index in [0.717, 1.165) is 47.7 Å². The van der Waals surface area contributed by atoms with Crippen LogP contribution in [0, 0.1) is 19.8 Å². The SMILES string of the molecule is COc1ccc2nc(C)c3c(c2c1)CC[C@]1(C[C@H]2C(=O)N[C@]4(C(=O)NS(=O)(=O)C5(C)CC5)C[C@H]4C=CCCCCC[C@H](Nc4ncccc4C)C(=O)N2C1)O3. The molecule has 1 spiro atoms. The first kappa shape index (κ1) is 37.2. The van der Waals surface area contributed by atoms with Crippen molar-refractivity contribution in [3.8, 4) is 11.5 Å². The summed E-state index contributed by atoms with van der Waals surface area (Å²) in [6.45, 7) is 5.61. The van der Waals surface area contributed by atoms with E-state index >= 15 is 0 Å². The number of carbonyl (C=O) groups excluding carboxylic acids is 3. The smallest absolute Gasteiger partial charge is 0.259 e. The van der Waals surface area contributed by atoms with Gasteiger partial charge in [0.05, 0.1) is 29.6 Å². The fraction of sp³-hybridized carbons (Fsp3) is 0.537. The number of anilines is 1. The number of aromatic nitrogens is 2. The molecule has 14 heteroatoms. The molecule has 3 amide bonds. The molecule has 13 nitrogen and oxygen atoms in total. The summed E-state index contributed by atoms with van der Waals surface area (Å²) in [7, 11) is -2.33. The van der Waals surface area contributed by atoms with Crippen LogP contribution in [-0.4, -0.2) is 82.6 Å². The Kier molecular flexibility index (Phi) is 9.33. The normalized spacial score (nSPS) is 28.8. The number of hydrogen-bond acceptors (Lipinski definition) is 10. The summed E-state index contributed by atoms with van der Waals surface area (Å²) in [5, 5.41) is 7.36. The minimum atomic E-state index is -3.96. The molecule has 2 aliphatic carbocycles. The van der Waals surface area contributed by atoms with Gasteiger partial charge in [0.2, 0.25) is 21.8 Å². The van der Waals surface area contributed by atoms with E-state index in [0.29, 0.717) is 55.1 Å². The number of hydrogen-bond donors (Lipinski definition) is 3. The standard InChI is InChI=1S/C41H50N6O7S/c1-25-11-10-20-42-35(25)44-32-13-9-7-5-6-8-12-27-22-41(27,38(50)46-55(51,52)39(3)18-19-39)45-36(48)33-23-40(24-47(33)37(32)49)17-16-29-30-21-28(53-4)14-15-31(30)43-26(2)34(29)54-40/h8,10-12,14-15,20-21,27,32-33H,5-7,9,13,16-19,22-24H2,1-4H3,(H,42,44)(H,45,48)(H,46,50)/t27-,32+,33+,40-,41-/m1/s1.